The highest BCUT2D eigenvalue weighted by Crippen LogP contribution is 2.40. The van der Waals surface area contributed by atoms with E-state index < -0.39 is 0 Å². The summed E-state index contributed by atoms with van der Waals surface area (Å²) in [7, 11) is 3.33. The van der Waals surface area contributed by atoms with Crippen LogP contribution >= 0.6 is 31.9 Å². The molecule has 0 amide bonds. The lowest BCUT2D eigenvalue weighted by molar-refractivity contribution is 0.399. The maximum Gasteiger partial charge on any atom is 0.123 e. The van der Waals surface area contributed by atoms with Crippen molar-refractivity contribution in [3.05, 3.63) is 58.1 Å². The van der Waals surface area contributed by atoms with E-state index in [1.807, 2.05) is 36.4 Å². The van der Waals surface area contributed by atoms with Gasteiger partial charge in [0.05, 0.1) is 19.0 Å². The van der Waals surface area contributed by atoms with E-state index in [0.29, 0.717) is 0 Å². The van der Waals surface area contributed by atoms with Gasteiger partial charge >= 0.3 is 0 Å². The van der Waals surface area contributed by atoms with Crippen molar-refractivity contribution in [1.82, 2.24) is 0 Å². The molecule has 1 atom stereocenters. The van der Waals surface area contributed by atoms with E-state index in [4.69, 9.17) is 9.47 Å². The fraction of sp³-hybridized carbons (Fsp3) is 0.200. The van der Waals surface area contributed by atoms with Crippen LogP contribution in [0.4, 0.5) is 0 Å². The van der Waals surface area contributed by atoms with Crippen LogP contribution in [0.5, 0.6) is 11.5 Å². The first-order valence-corrected chi connectivity index (χ1v) is 7.48. The Morgan fingerprint density at radius 3 is 2.32 bits per heavy atom. The number of rotatable bonds is 4. The third-order valence-corrected chi connectivity index (χ3v) is 4.60. The van der Waals surface area contributed by atoms with Crippen molar-refractivity contribution < 1.29 is 9.47 Å². The molecule has 4 heteroatoms. The van der Waals surface area contributed by atoms with Gasteiger partial charge in [-0.15, -0.1) is 0 Å². The molecule has 0 saturated heterocycles. The van der Waals surface area contributed by atoms with Crippen molar-refractivity contribution in [3.63, 3.8) is 0 Å². The molecule has 0 spiro atoms. The van der Waals surface area contributed by atoms with Crippen molar-refractivity contribution in [2.45, 2.75) is 4.83 Å². The first-order chi connectivity index (χ1) is 9.17. The van der Waals surface area contributed by atoms with E-state index >= 15 is 0 Å². The zero-order valence-electron chi connectivity index (χ0n) is 10.7. The fourth-order valence-corrected chi connectivity index (χ4v) is 3.46. The van der Waals surface area contributed by atoms with E-state index in [-0.39, 0.29) is 4.83 Å². The quantitative estimate of drug-likeness (QED) is 0.693. The SMILES string of the molecule is COc1ccc(OC)c(C(Br)c2ccccc2Br)c1. The lowest BCUT2D eigenvalue weighted by atomic mass is 10.0. The minimum atomic E-state index is 0.0353. The molecule has 0 heterocycles. The lowest BCUT2D eigenvalue weighted by Crippen LogP contribution is -1.99. The maximum atomic E-state index is 5.43. The number of ether oxygens (including phenoxy) is 2. The molecule has 0 radical (unpaired) electrons. The average molecular weight is 386 g/mol. The van der Waals surface area contributed by atoms with Crippen LogP contribution in [0.1, 0.15) is 16.0 Å². The molecule has 0 aliphatic carbocycles. The predicted octanol–water partition coefficient (Wildman–Crippen LogP) is 4.95. The Morgan fingerprint density at radius 2 is 1.68 bits per heavy atom. The first kappa shape index (κ1) is 14.4. The lowest BCUT2D eigenvalue weighted by Gasteiger charge is -2.17. The molecular weight excluding hydrogens is 372 g/mol. The number of halogens is 2. The summed E-state index contributed by atoms with van der Waals surface area (Å²) in [6.07, 6.45) is 0. The van der Waals surface area contributed by atoms with E-state index in [9.17, 15) is 0 Å². The smallest absolute Gasteiger partial charge is 0.123 e. The zero-order valence-corrected chi connectivity index (χ0v) is 13.9. The minimum Gasteiger partial charge on any atom is -0.497 e. The highest BCUT2D eigenvalue weighted by molar-refractivity contribution is 9.11. The molecule has 0 aliphatic rings. The normalized spacial score (nSPS) is 12.0. The Labute approximate surface area is 130 Å². The Morgan fingerprint density at radius 1 is 0.947 bits per heavy atom. The van der Waals surface area contributed by atoms with E-state index in [1.54, 1.807) is 14.2 Å². The molecule has 0 aliphatic heterocycles. The second-order valence-electron chi connectivity index (χ2n) is 3.99. The van der Waals surface area contributed by atoms with Crippen LogP contribution in [0.25, 0.3) is 0 Å². The van der Waals surface area contributed by atoms with Crippen LogP contribution < -0.4 is 9.47 Å². The molecule has 0 N–H and O–H groups in total. The topological polar surface area (TPSA) is 18.5 Å². The van der Waals surface area contributed by atoms with Gasteiger partial charge in [-0.1, -0.05) is 50.1 Å². The standard InChI is InChI=1S/C15H14Br2O2/c1-18-10-7-8-14(19-2)12(9-10)15(17)11-5-3-4-6-13(11)16/h3-9,15H,1-2H3. The molecule has 2 nitrogen and oxygen atoms in total. The average Bonchev–Trinajstić information content (AvgIpc) is 2.46. The number of benzene rings is 2. The van der Waals surface area contributed by atoms with Crippen molar-refractivity contribution >= 4 is 31.9 Å². The van der Waals surface area contributed by atoms with Gasteiger partial charge in [0.2, 0.25) is 0 Å². The minimum absolute atomic E-state index is 0.0353. The summed E-state index contributed by atoms with van der Waals surface area (Å²) >= 11 is 7.31. The van der Waals surface area contributed by atoms with E-state index in [0.717, 1.165) is 27.1 Å². The second kappa shape index (κ2) is 6.44. The molecule has 100 valence electrons. The van der Waals surface area contributed by atoms with Gasteiger partial charge in [-0.2, -0.15) is 0 Å². The van der Waals surface area contributed by atoms with Crippen LogP contribution in [0, 0.1) is 0 Å². The van der Waals surface area contributed by atoms with E-state index in [1.165, 1.54) is 0 Å². The molecule has 0 aromatic heterocycles. The van der Waals surface area contributed by atoms with Gasteiger partial charge in [0.15, 0.2) is 0 Å². The molecule has 2 rings (SSSR count). The molecule has 0 bridgehead atoms. The molecule has 0 fully saturated rings. The number of alkyl halides is 1. The van der Waals surface area contributed by atoms with Crippen LogP contribution in [0.15, 0.2) is 46.9 Å². The third-order valence-electron chi connectivity index (χ3n) is 2.89. The summed E-state index contributed by atoms with van der Waals surface area (Å²) in [5.74, 6) is 1.64. The van der Waals surface area contributed by atoms with Crippen LogP contribution in [-0.2, 0) is 0 Å². The van der Waals surface area contributed by atoms with Crippen molar-refractivity contribution in [3.8, 4) is 11.5 Å². The molecular formula is C15H14Br2O2. The van der Waals surface area contributed by atoms with Crippen molar-refractivity contribution in [2.75, 3.05) is 14.2 Å². The van der Waals surface area contributed by atoms with Crippen molar-refractivity contribution in [1.29, 1.82) is 0 Å². The van der Waals surface area contributed by atoms with Crippen LogP contribution in [-0.4, -0.2) is 14.2 Å². The predicted molar refractivity (Wildman–Crippen MR) is 84.5 cm³/mol. The second-order valence-corrected chi connectivity index (χ2v) is 5.76. The van der Waals surface area contributed by atoms with Gasteiger partial charge < -0.3 is 9.47 Å². The Hall–Kier alpha value is -1.00. The third kappa shape index (κ3) is 3.12. The summed E-state index contributed by atoms with van der Waals surface area (Å²) in [6, 6.07) is 13.9. The highest BCUT2D eigenvalue weighted by atomic mass is 79.9. The van der Waals surface area contributed by atoms with Gasteiger partial charge in [-0.25, -0.2) is 0 Å². The van der Waals surface area contributed by atoms with Gasteiger partial charge in [0, 0.05) is 10.0 Å². The van der Waals surface area contributed by atoms with Gasteiger partial charge in [0.25, 0.3) is 0 Å². The van der Waals surface area contributed by atoms with Crippen LogP contribution in [0.3, 0.4) is 0 Å². The van der Waals surface area contributed by atoms with Crippen molar-refractivity contribution in [2.24, 2.45) is 0 Å². The highest BCUT2D eigenvalue weighted by Gasteiger charge is 2.18. The zero-order chi connectivity index (χ0) is 13.8. The maximum absolute atomic E-state index is 5.43. The summed E-state index contributed by atoms with van der Waals surface area (Å²) in [4.78, 5) is 0.0353. The fourth-order valence-electron chi connectivity index (χ4n) is 1.89. The molecule has 19 heavy (non-hydrogen) atoms. The summed E-state index contributed by atoms with van der Waals surface area (Å²) in [5.41, 5.74) is 2.18. The molecule has 1 unspecified atom stereocenters. The van der Waals surface area contributed by atoms with Crippen LogP contribution in [0.2, 0.25) is 0 Å². The molecule has 2 aromatic rings. The Balaban J connectivity index is 2.48. The summed E-state index contributed by atoms with van der Waals surface area (Å²) in [5, 5.41) is 0. The molecule has 2 aromatic carbocycles. The summed E-state index contributed by atoms with van der Waals surface area (Å²) in [6.45, 7) is 0. The number of hydrogen-bond acceptors (Lipinski definition) is 2. The van der Waals surface area contributed by atoms with Gasteiger partial charge in [-0.05, 0) is 29.8 Å². The number of methoxy groups -OCH3 is 2. The Kier molecular flexibility index (Phi) is 4.88. The number of hydrogen-bond donors (Lipinski definition) is 0. The monoisotopic (exact) mass is 384 g/mol. The molecule has 0 saturated carbocycles. The summed E-state index contributed by atoms with van der Waals surface area (Å²) < 4.78 is 11.8. The van der Waals surface area contributed by atoms with Gasteiger partial charge in [0.1, 0.15) is 11.5 Å². The Bertz CT molecular complexity index is 570. The largest absolute Gasteiger partial charge is 0.497 e. The first-order valence-electron chi connectivity index (χ1n) is 5.77. The van der Waals surface area contributed by atoms with Gasteiger partial charge in [-0.3, -0.25) is 0 Å². The van der Waals surface area contributed by atoms with E-state index in [2.05, 4.69) is 37.9 Å².